The van der Waals surface area contributed by atoms with Crippen LogP contribution >= 0.6 is 27.5 Å². The molecule has 0 bridgehead atoms. The molecule has 0 spiro atoms. The zero-order valence-corrected chi connectivity index (χ0v) is 13.5. The SMILES string of the molecule is CC(Cc1ccc(Br)cc1)NCc1cccc(Cl)c1F. The van der Waals surface area contributed by atoms with Gasteiger partial charge in [0, 0.05) is 22.6 Å². The van der Waals surface area contributed by atoms with Gasteiger partial charge < -0.3 is 5.32 Å². The molecule has 0 amide bonds. The molecule has 0 saturated carbocycles. The molecule has 1 N–H and O–H groups in total. The fourth-order valence-corrected chi connectivity index (χ4v) is 2.47. The summed E-state index contributed by atoms with van der Waals surface area (Å²) in [4.78, 5) is 0. The molecule has 2 rings (SSSR count). The molecule has 0 aliphatic heterocycles. The van der Waals surface area contributed by atoms with Crippen molar-refractivity contribution in [3.8, 4) is 0 Å². The topological polar surface area (TPSA) is 12.0 Å². The van der Waals surface area contributed by atoms with Crippen LogP contribution in [0.4, 0.5) is 4.39 Å². The Balaban J connectivity index is 1.90. The predicted molar refractivity (Wildman–Crippen MR) is 85.6 cm³/mol. The third-order valence-electron chi connectivity index (χ3n) is 3.13. The summed E-state index contributed by atoms with van der Waals surface area (Å²) in [6.45, 7) is 2.56. The zero-order chi connectivity index (χ0) is 14.5. The predicted octanol–water partition coefficient (Wildman–Crippen LogP) is 4.96. The van der Waals surface area contributed by atoms with E-state index in [4.69, 9.17) is 11.6 Å². The normalized spacial score (nSPS) is 12.4. The van der Waals surface area contributed by atoms with Crippen LogP contribution in [0.25, 0.3) is 0 Å². The van der Waals surface area contributed by atoms with Gasteiger partial charge in [-0.1, -0.05) is 51.8 Å². The van der Waals surface area contributed by atoms with Crippen molar-refractivity contribution < 1.29 is 4.39 Å². The van der Waals surface area contributed by atoms with Gasteiger partial charge >= 0.3 is 0 Å². The minimum Gasteiger partial charge on any atom is -0.310 e. The van der Waals surface area contributed by atoms with Crippen molar-refractivity contribution in [2.45, 2.75) is 25.9 Å². The Labute approximate surface area is 132 Å². The number of rotatable bonds is 5. The summed E-state index contributed by atoms with van der Waals surface area (Å²) in [5.41, 5.74) is 1.85. The first-order valence-electron chi connectivity index (χ1n) is 6.47. The summed E-state index contributed by atoms with van der Waals surface area (Å²) in [5.74, 6) is -0.336. The van der Waals surface area contributed by atoms with Gasteiger partial charge in [-0.3, -0.25) is 0 Å². The lowest BCUT2D eigenvalue weighted by molar-refractivity contribution is 0.525. The molecule has 0 aromatic heterocycles. The molecule has 2 aromatic rings. The maximum absolute atomic E-state index is 13.7. The summed E-state index contributed by atoms with van der Waals surface area (Å²) >= 11 is 9.18. The van der Waals surface area contributed by atoms with E-state index in [0.29, 0.717) is 12.1 Å². The molecule has 0 heterocycles. The maximum atomic E-state index is 13.7. The molecular weight excluding hydrogens is 341 g/mol. The Morgan fingerprint density at radius 3 is 2.60 bits per heavy atom. The van der Waals surface area contributed by atoms with Gasteiger partial charge in [-0.15, -0.1) is 0 Å². The largest absolute Gasteiger partial charge is 0.310 e. The Hall–Kier alpha value is -0.900. The Morgan fingerprint density at radius 1 is 1.20 bits per heavy atom. The molecule has 106 valence electrons. The highest BCUT2D eigenvalue weighted by atomic mass is 79.9. The summed E-state index contributed by atoms with van der Waals surface area (Å²) < 4.78 is 14.8. The van der Waals surface area contributed by atoms with Crippen LogP contribution in [0.3, 0.4) is 0 Å². The van der Waals surface area contributed by atoms with Crippen LogP contribution in [-0.2, 0) is 13.0 Å². The molecule has 0 fully saturated rings. The van der Waals surface area contributed by atoms with Crippen LogP contribution in [0.2, 0.25) is 5.02 Å². The number of benzene rings is 2. The van der Waals surface area contributed by atoms with Gasteiger partial charge in [0.15, 0.2) is 0 Å². The van der Waals surface area contributed by atoms with Crippen molar-refractivity contribution in [3.63, 3.8) is 0 Å². The molecule has 0 aliphatic rings. The standard InChI is InChI=1S/C16H16BrClFN/c1-11(9-12-5-7-14(17)8-6-12)20-10-13-3-2-4-15(18)16(13)19/h2-8,11,20H,9-10H2,1H3. The van der Waals surface area contributed by atoms with Gasteiger partial charge in [0.25, 0.3) is 0 Å². The highest BCUT2D eigenvalue weighted by Crippen LogP contribution is 2.18. The first-order valence-corrected chi connectivity index (χ1v) is 7.64. The van der Waals surface area contributed by atoms with E-state index in [9.17, 15) is 4.39 Å². The van der Waals surface area contributed by atoms with Crippen molar-refractivity contribution >= 4 is 27.5 Å². The lowest BCUT2D eigenvalue weighted by Gasteiger charge is -2.14. The summed E-state index contributed by atoms with van der Waals surface area (Å²) in [6, 6.07) is 13.6. The number of halogens is 3. The van der Waals surface area contributed by atoms with E-state index < -0.39 is 0 Å². The monoisotopic (exact) mass is 355 g/mol. The summed E-state index contributed by atoms with van der Waals surface area (Å²) in [6.07, 6.45) is 0.898. The van der Waals surface area contributed by atoms with Crippen LogP contribution in [0.1, 0.15) is 18.1 Å². The van der Waals surface area contributed by atoms with E-state index in [1.165, 1.54) is 5.56 Å². The van der Waals surface area contributed by atoms with Crippen LogP contribution in [-0.4, -0.2) is 6.04 Å². The molecule has 0 radical (unpaired) electrons. The van der Waals surface area contributed by atoms with Crippen molar-refractivity contribution in [3.05, 3.63) is 68.9 Å². The van der Waals surface area contributed by atoms with E-state index in [-0.39, 0.29) is 16.9 Å². The van der Waals surface area contributed by atoms with Crippen molar-refractivity contribution in [1.29, 1.82) is 0 Å². The number of hydrogen-bond donors (Lipinski definition) is 1. The second kappa shape index (κ2) is 7.21. The van der Waals surface area contributed by atoms with Gasteiger partial charge in [0.2, 0.25) is 0 Å². The van der Waals surface area contributed by atoms with E-state index in [2.05, 4.69) is 40.3 Å². The lowest BCUT2D eigenvalue weighted by atomic mass is 10.1. The fourth-order valence-electron chi connectivity index (χ4n) is 2.02. The second-order valence-corrected chi connectivity index (χ2v) is 6.15. The third kappa shape index (κ3) is 4.30. The fraction of sp³-hybridized carbons (Fsp3) is 0.250. The minimum atomic E-state index is -0.336. The quantitative estimate of drug-likeness (QED) is 0.798. The summed E-state index contributed by atoms with van der Waals surface area (Å²) in [5, 5.41) is 3.49. The average Bonchev–Trinajstić information content (AvgIpc) is 2.43. The Bertz CT molecular complexity index is 571. The first-order chi connectivity index (χ1) is 9.56. The van der Waals surface area contributed by atoms with E-state index in [1.807, 2.05) is 12.1 Å². The van der Waals surface area contributed by atoms with Crippen molar-refractivity contribution in [2.75, 3.05) is 0 Å². The highest BCUT2D eigenvalue weighted by Gasteiger charge is 2.08. The first kappa shape index (κ1) is 15.5. The van der Waals surface area contributed by atoms with Crippen molar-refractivity contribution in [2.24, 2.45) is 0 Å². The average molecular weight is 357 g/mol. The molecule has 1 unspecified atom stereocenters. The molecule has 0 saturated heterocycles. The molecular formula is C16H16BrClFN. The molecule has 1 nitrogen and oxygen atoms in total. The second-order valence-electron chi connectivity index (χ2n) is 4.83. The minimum absolute atomic E-state index is 0.171. The van der Waals surface area contributed by atoms with Crippen molar-refractivity contribution in [1.82, 2.24) is 5.32 Å². The number of hydrogen-bond acceptors (Lipinski definition) is 1. The lowest BCUT2D eigenvalue weighted by Crippen LogP contribution is -2.27. The van der Waals surface area contributed by atoms with Gasteiger partial charge in [-0.05, 0) is 37.1 Å². The number of nitrogens with one attached hydrogen (secondary N) is 1. The van der Waals surface area contributed by atoms with Gasteiger partial charge in [-0.2, -0.15) is 0 Å². The Kier molecular flexibility index (Phi) is 5.58. The molecule has 0 aliphatic carbocycles. The van der Waals surface area contributed by atoms with E-state index in [1.54, 1.807) is 18.2 Å². The van der Waals surface area contributed by atoms with Gasteiger partial charge in [-0.25, -0.2) is 4.39 Å². The van der Waals surface area contributed by atoms with Crippen LogP contribution in [0, 0.1) is 5.82 Å². The summed E-state index contributed by atoms with van der Waals surface area (Å²) in [7, 11) is 0. The highest BCUT2D eigenvalue weighted by molar-refractivity contribution is 9.10. The van der Waals surface area contributed by atoms with Gasteiger partial charge in [0.1, 0.15) is 5.82 Å². The molecule has 1 atom stereocenters. The zero-order valence-electron chi connectivity index (χ0n) is 11.2. The van der Waals surface area contributed by atoms with Crippen LogP contribution in [0.15, 0.2) is 46.9 Å². The molecule has 20 heavy (non-hydrogen) atoms. The third-order valence-corrected chi connectivity index (χ3v) is 3.95. The van der Waals surface area contributed by atoms with E-state index in [0.717, 1.165) is 10.9 Å². The smallest absolute Gasteiger partial charge is 0.146 e. The van der Waals surface area contributed by atoms with E-state index >= 15 is 0 Å². The van der Waals surface area contributed by atoms with Crippen LogP contribution in [0.5, 0.6) is 0 Å². The molecule has 4 heteroatoms. The maximum Gasteiger partial charge on any atom is 0.146 e. The van der Waals surface area contributed by atoms with Gasteiger partial charge in [0.05, 0.1) is 5.02 Å². The molecule has 2 aromatic carbocycles. The Morgan fingerprint density at radius 2 is 1.90 bits per heavy atom. The van der Waals surface area contributed by atoms with Crippen LogP contribution < -0.4 is 5.32 Å².